The maximum Gasteiger partial charge on any atom is 0.472 e. The lowest BCUT2D eigenvalue weighted by atomic mass is 10.0. The summed E-state index contributed by atoms with van der Waals surface area (Å²) in [4.78, 5) is 84.7. The lowest BCUT2D eigenvalue weighted by molar-refractivity contribution is -0.0604. The molecule has 378 valence electrons. The van der Waals surface area contributed by atoms with Crippen LogP contribution in [0.15, 0.2) is 41.1 Å². The number of rotatable bonds is 19. The van der Waals surface area contributed by atoms with Crippen LogP contribution in [0.1, 0.15) is 51.4 Å². The van der Waals surface area contributed by atoms with E-state index in [-0.39, 0.29) is 45.9 Å². The minimum absolute atomic E-state index is 0.0284. The molecular weight excluding hydrogens is 985 g/mol. The van der Waals surface area contributed by atoms with Crippen LogP contribution >= 0.6 is 23.5 Å². The third-order valence-electron chi connectivity index (χ3n) is 11.3. The number of hydrogen-bond donors (Lipinski definition) is 7. The molecule has 3 aliphatic rings. The summed E-state index contributed by atoms with van der Waals surface area (Å²) in [5.74, 6) is -0.879. The normalized spacial score (nSPS) is 30.0. The molecule has 69 heavy (non-hydrogen) atoms. The zero-order valence-corrected chi connectivity index (χ0v) is 39.8. The third-order valence-corrected chi connectivity index (χ3v) is 14.5. The van der Waals surface area contributed by atoms with E-state index in [0.717, 1.165) is 4.57 Å². The molecule has 31 nitrogen and oxygen atoms in total. The number of H-pyrrole nitrogens is 1. The van der Waals surface area contributed by atoms with Gasteiger partial charge in [0.05, 0.1) is 38.6 Å². The zero-order chi connectivity index (χ0) is 49.7. The van der Waals surface area contributed by atoms with Gasteiger partial charge in [-0.3, -0.25) is 50.6 Å². The Hall–Kier alpha value is -4.49. The Balaban J connectivity index is 1.04. The van der Waals surface area contributed by atoms with Crippen LogP contribution in [0.2, 0.25) is 0 Å². The Labute approximate surface area is 388 Å². The Morgan fingerprint density at radius 3 is 1.93 bits per heavy atom. The number of nitrogen functional groups attached to an aromatic ring is 2. The van der Waals surface area contributed by atoms with Gasteiger partial charge < -0.3 is 50.2 Å². The fraction of sp³-hybridized carbons (Fsp3) is 0.600. The van der Waals surface area contributed by atoms with Crippen molar-refractivity contribution in [1.82, 2.24) is 48.6 Å². The van der Waals surface area contributed by atoms with Crippen LogP contribution < -0.4 is 22.7 Å². The molecule has 0 bridgehead atoms. The second kappa shape index (κ2) is 20.0. The quantitative estimate of drug-likeness (QED) is 0.0548. The van der Waals surface area contributed by atoms with Gasteiger partial charge in [-0.2, -0.15) is 0 Å². The maximum absolute atomic E-state index is 14.1. The molecule has 0 radical (unpaired) electrons. The van der Waals surface area contributed by atoms with Crippen molar-refractivity contribution in [3.8, 4) is 0 Å². The molecule has 9 N–H and O–H groups in total. The summed E-state index contributed by atoms with van der Waals surface area (Å²) < 4.78 is 101. The van der Waals surface area contributed by atoms with Gasteiger partial charge in [-0.05, 0) is 20.8 Å². The molecule has 0 saturated carbocycles. The number of imidazole rings is 2. The Kier molecular flexibility index (Phi) is 14.7. The number of anilines is 2. The van der Waals surface area contributed by atoms with E-state index in [1.54, 1.807) is 6.92 Å². The van der Waals surface area contributed by atoms with Crippen molar-refractivity contribution < 1.29 is 79.6 Å². The molecule has 5 aromatic heterocycles. The molecule has 34 heteroatoms. The van der Waals surface area contributed by atoms with Crippen molar-refractivity contribution in [2.75, 3.05) is 38.4 Å². The van der Waals surface area contributed by atoms with Crippen LogP contribution in [0.25, 0.3) is 22.3 Å². The SMILES string of the molecule is CO[C@@H]1[C@H](OP(=O)(O)OC[C@H]2O[C@@H](n3cnc4c(N)ncnc43)[C@H](C)[C@@H]2OP(=O)(O)O[C@H]2C[C@H](n3cc(C)c(=O)[nH]c3=O)O[C@@H]2CO)[C@@H](COP(=O)(O)OC(C)C)O[C@H]1n1cnc2c(N)ncnc21. The van der Waals surface area contributed by atoms with Crippen molar-refractivity contribution >= 4 is 57.4 Å². The number of ether oxygens (including phenoxy) is 4. The molecule has 0 aliphatic carbocycles. The first-order valence-electron chi connectivity index (χ1n) is 20.9. The highest BCUT2D eigenvalue weighted by molar-refractivity contribution is 7.48. The van der Waals surface area contributed by atoms with Gasteiger partial charge in [-0.15, -0.1) is 0 Å². The first kappa shape index (κ1) is 50.9. The first-order chi connectivity index (χ1) is 32.6. The van der Waals surface area contributed by atoms with Crippen LogP contribution in [0.4, 0.5) is 11.6 Å². The summed E-state index contributed by atoms with van der Waals surface area (Å²) in [6.45, 7) is 3.64. The average Bonchev–Trinajstić information content (AvgIpc) is 4.11. The zero-order valence-electron chi connectivity index (χ0n) is 37.1. The molecule has 3 unspecified atom stereocenters. The number of aryl methyl sites for hydroxylation is 1. The molecule has 3 saturated heterocycles. The summed E-state index contributed by atoms with van der Waals surface area (Å²) in [6.07, 6.45) is -8.31. The molecule has 5 aromatic rings. The van der Waals surface area contributed by atoms with E-state index < -0.39 is 128 Å². The molecule has 0 amide bonds. The summed E-state index contributed by atoms with van der Waals surface area (Å²) in [7, 11) is -14.1. The molecule has 8 heterocycles. The van der Waals surface area contributed by atoms with Gasteiger partial charge in [0.25, 0.3) is 5.56 Å². The fourth-order valence-electron chi connectivity index (χ4n) is 8.17. The van der Waals surface area contributed by atoms with Crippen LogP contribution in [0.3, 0.4) is 0 Å². The average molecular weight is 1030 g/mol. The lowest BCUT2D eigenvalue weighted by Gasteiger charge is -2.27. The van der Waals surface area contributed by atoms with Crippen molar-refractivity contribution in [1.29, 1.82) is 0 Å². The van der Waals surface area contributed by atoms with E-state index >= 15 is 0 Å². The monoisotopic (exact) mass is 1030 g/mol. The van der Waals surface area contributed by atoms with Gasteiger partial charge >= 0.3 is 29.2 Å². The predicted molar refractivity (Wildman–Crippen MR) is 231 cm³/mol. The highest BCUT2D eigenvalue weighted by Crippen LogP contribution is 2.55. The highest BCUT2D eigenvalue weighted by atomic mass is 31.2. The van der Waals surface area contributed by atoms with E-state index in [2.05, 4.69) is 34.9 Å². The van der Waals surface area contributed by atoms with Gasteiger partial charge in [0, 0.05) is 31.2 Å². The Bertz CT molecular complexity index is 2940. The van der Waals surface area contributed by atoms with Crippen molar-refractivity contribution in [3.05, 3.63) is 57.9 Å². The van der Waals surface area contributed by atoms with E-state index in [1.165, 1.54) is 68.5 Å². The summed E-state index contributed by atoms with van der Waals surface area (Å²) in [6, 6.07) is 0. The third kappa shape index (κ3) is 10.7. The largest absolute Gasteiger partial charge is 0.472 e. The molecule has 14 atom stereocenters. The molecule has 3 aliphatic heterocycles. The maximum atomic E-state index is 14.1. The predicted octanol–water partition coefficient (Wildman–Crippen LogP) is 0.330. The van der Waals surface area contributed by atoms with Gasteiger partial charge in [0.1, 0.15) is 78.9 Å². The summed E-state index contributed by atoms with van der Waals surface area (Å²) >= 11 is 0. The number of aliphatic hydroxyl groups excluding tert-OH is 1. The van der Waals surface area contributed by atoms with Crippen LogP contribution in [0, 0.1) is 12.8 Å². The fourth-order valence-corrected chi connectivity index (χ4v) is 11.3. The highest BCUT2D eigenvalue weighted by Gasteiger charge is 2.53. The van der Waals surface area contributed by atoms with E-state index in [0.29, 0.717) is 0 Å². The number of aromatic amines is 1. The molecular formula is C35H49N12O19P3. The first-order valence-corrected chi connectivity index (χ1v) is 25.4. The lowest BCUT2D eigenvalue weighted by Crippen LogP contribution is -2.38. The second-order valence-electron chi connectivity index (χ2n) is 16.3. The van der Waals surface area contributed by atoms with Crippen molar-refractivity contribution in [2.45, 2.75) is 102 Å². The van der Waals surface area contributed by atoms with E-state index in [9.17, 15) is 43.1 Å². The number of hydrogen-bond acceptors (Lipinski definition) is 24. The number of aromatic nitrogens is 10. The summed E-state index contributed by atoms with van der Waals surface area (Å²) in [5, 5.41) is 10.1. The van der Waals surface area contributed by atoms with Crippen LogP contribution in [-0.4, -0.2) is 144 Å². The number of phosphoric ester groups is 3. The van der Waals surface area contributed by atoms with Crippen LogP contribution in [0.5, 0.6) is 0 Å². The van der Waals surface area contributed by atoms with E-state index in [1.807, 2.05) is 0 Å². The topological polar surface area (TPSA) is 419 Å². The number of aliphatic hydroxyl groups is 1. The van der Waals surface area contributed by atoms with Gasteiger partial charge in [0.15, 0.2) is 29.2 Å². The van der Waals surface area contributed by atoms with Crippen LogP contribution in [-0.2, 0) is 59.8 Å². The minimum atomic E-state index is -5.33. The second-order valence-corrected chi connectivity index (χ2v) is 20.5. The number of nitrogens with zero attached hydrogens (tertiary/aromatic N) is 9. The summed E-state index contributed by atoms with van der Waals surface area (Å²) in [5.41, 5.74) is 11.4. The minimum Gasteiger partial charge on any atom is -0.394 e. The standard InChI is InChI=1S/C35H49N12O19P3/c1-15(2)63-67(51,52)58-10-21-26(27(57-5)34(62-21)47-14-43-24-29(37)39-12-41-31(24)47)66-68(53,54)59-9-20-25(17(4)33(61-20)46-13-42-23-28(36)38-11-40-30(23)46)65-69(55,56)64-18-6-22(60-19(18)8-48)45-7-16(3)32(49)44-35(45)50/h7,11-15,17-22,25-27,33-34,48H,6,8-10H2,1-5H3,(H,51,52)(H,53,54)(H,55,56)(H2,36,38,40)(H2,37,39,41)(H,44,49,50)/t17-,18+,19-,20-,21-,22-,25+,26-,27-,33-,34-/m1/s1. The number of methoxy groups -OCH3 is 1. The molecule has 8 rings (SSSR count). The smallest absolute Gasteiger partial charge is 0.394 e. The number of fused-ring (bicyclic) bond motifs is 2. The van der Waals surface area contributed by atoms with E-state index in [4.69, 9.17) is 57.6 Å². The number of nitrogens with one attached hydrogen (secondary N) is 1. The van der Waals surface area contributed by atoms with Gasteiger partial charge in [0.2, 0.25) is 0 Å². The molecule has 0 aromatic carbocycles. The Morgan fingerprint density at radius 1 is 0.768 bits per heavy atom. The molecule has 0 spiro atoms. The van der Waals surface area contributed by atoms with Gasteiger partial charge in [-0.25, -0.2) is 48.4 Å². The van der Waals surface area contributed by atoms with Crippen molar-refractivity contribution in [2.24, 2.45) is 5.92 Å². The van der Waals surface area contributed by atoms with Gasteiger partial charge in [-0.1, -0.05) is 6.92 Å². The molecule has 3 fully saturated rings. The van der Waals surface area contributed by atoms with Crippen molar-refractivity contribution in [3.63, 3.8) is 0 Å². The Morgan fingerprint density at radius 2 is 1.33 bits per heavy atom. The number of nitrogens with two attached hydrogens (primary N) is 2. The number of phosphoric acid groups is 3.